The predicted octanol–water partition coefficient (Wildman–Crippen LogP) is 0.394. The van der Waals surface area contributed by atoms with Crippen molar-refractivity contribution in [1.29, 1.82) is 0 Å². The monoisotopic (exact) mass is 250 g/mol. The number of Topliss-reactive ketones (excluding diaryl/α,β-unsaturated/α-hetero) is 1. The van der Waals surface area contributed by atoms with E-state index in [0.717, 1.165) is 0 Å². The third kappa shape index (κ3) is 4.82. The molecule has 90 valence electrons. The minimum atomic E-state index is 0.0522. The predicted molar refractivity (Wildman–Crippen MR) is 72.2 cm³/mol. The molecule has 0 aliphatic rings. The number of nitrogens with one attached hydrogen (secondary N) is 1. The number of carbonyl (C=O) groups is 1. The lowest BCUT2D eigenvalue weighted by Gasteiger charge is -1.98. The van der Waals surface area contributed by atoms with Crippen molar-refractivity contribution in [3.8, 4) is 0 Å². The number of benzene rings is 1. The van der Waals surface area contributed by atoms with Crippen molar-refractivity contribution in [1.82, 2.24) is 0 Å². The first kappa shape index (κ1) is 13.4. The van der Waals surface area contributed by atoms with Crippen LogP contribution in [0.25, 0.3) is 0 Å². The van der Waals surface area contributed by atoms with Crippen LogP contribution < -0.4 is 10.8 Å². The zero-order valence-corrected chi connectivity index (χ0v) is 10.8. The van der Waals surface area contributed by atoms with Crippen LogP contribution in [0.1, 0.15) is 23.7 Å². The molecule has 0 amide bonds. The number of carbonyl (C=O) groups excluding carboxylic acids is 1. The normalized spacial score (nSPS) is 12.6. The largest absolute Gasteiger partial charge is 0.326 e. The molecule has 17 heavy (non-hydrogen) atoms. The molecular formula is C12H16N3OS+. The smallest absolute Gasteiger partial charge is 0.294 e. The first-order valence-electron chi connectivity index (χ1n) is 5.17. The van der Waals surface area contributed by atoms with Gasteiger partial charge in [0.25, 0.3) is 0 Å². The van der Waals surface area contributed by atoms with Gasteiger partial charge in [-0.2, -0.15) is 0 Å². The fourth-order valence-corrected chi connectivity index (χ4v) is 1.33. The second-order valence-electron chi connectivity index (χ2n) is 3.49. The maximum absolute atomic E-state index is 11.8. The number of hydrazone groups is 1. The van der Waals surface area contributed by atoms with Crippen LogP contribution in [-0.4, -0.2) is 22.9 Å². The summed E-state index contributed by atoms with van der Waals surface area (Å²) in [6.07, 6.45) is 2.14. The molecule has 0 atom stereocenters. The lowest BCUT2D eigenvalue weighted by molar-refractivity contribution is -0.460. The minimum Gasteiger partial charge on any atom is -0.294 e. The van der Waals surface area contributed by atoms with Gasteiger partial charge < -0.3 is 0 Å². The maximum Gasteiger partial charge on any atom is 0.326 e. The lowest BCUT2D eigenvalue weighted by Crippen LogP contribution is -2.68. The summed E-state index contributed by atoms with van der Waals surface area (Å²) in [5.74, 6) is 0.0522. The molecule has 1 aromatic carbocycles. The summed E-state index contributed by atoms with van der Waals surface area (Å²) in [7, 11) is 0. The standard InChI is InChI=1S/C12H15N3OS/c1-9(14-15-12(13)17-2)8-11(16)10-6-4-3-5-7-10/h3-7H,8H2,1-2H3,(H2,13,15)/p+1. The van der Waals surface area contributed by atoms with E-state index in [1.165, 1.54) is 11.8 Å². The van der Waals surface area contributed by atoms with Gasteiger partial charge >= 0.3 is 5.17 Å². The molecule has 0 saturated heterocycles. The van der Waals surface area contributed by atoms with E-state index in [1.807, 2.05) is 24.5 Å². The van der Waals surface area contributed by atoms with Gasteiger partial charge in [0.1, 0.15) is 0 Å². The van der Waals surface area contributed by atoms with Crippen molar-refractivity contribution in [2.45, 2.75) is 13.3 Å². The van der Waals surface area contributed by atoms with Crippen LogP contribution in [0, 0.1) is 0 Å². The number of hydrogen-bond acceptors (Lipinski definition) is 3. The van der Waals surface area contributed by atoms with Crippen LogP contribution in [0.3, 0.4) is 0 Å². The Morgan fingerprint density at radius 1 is 1.41 bits per heavy atom. The second-order valence-corrected chi connectivity index (χ2v) is 4.34. The van der Waals surface area contributed by atoms with Crippen molar-refractivity contribution in [2.24, 2.45) is 10.8 Å². The molecule has 0 aliphatic heterocycles. The summed E-state index contributed by atoms with van der Waals surface area (Å²) in [5.41, 5.74) is 6.94. The Hall–Kier alpha value is -1.62. The Bertz CT molecular complexity index is 440. The molecule has 0 saturated carbocycles. The van der Waals surface area contributed by atoms with Crippen molar-refractivity contribution in [3.63, 3.8) is 0 Å². The number of amidine groups is 1. The third-order valence-electron chi connectivity index (χ3n) is 2.09. The molecule has 1 aromatic rings. The Labute approximate surface area is 105 Å². The zero-order valence-electron chi connectivity index (χ0n) is 9.93. The van der Waals surface area contributed by atoms with Gasteiger partial charge in [0.2, 0.25) is 0 Å². The first-order chi connectivity index (χ1) is 8.13. The molecule has 4 nitrogen and oxygen atoms in total. The van der Waals surface area contributed by atoms with Crippen LogP contribution in [0.4, 0.5) is 0 Å². The summed E-state index contributed by atoms with van der Waals surface area (Å²) in [6, 6.07) is 9.17. The van der Waals surface area contributed by atoms with Crippen LogP contribution >= 0.6 is 11.8 Å². The van der Waals surface area contributed by atoms with Crippen molar-refractivity contribution in [3.05, 3.63) is 35.9 Å². The zero-order chi connectivity index (χ0) is 12.7. The molecule has 0 radical (unpaired) electrons. The van der Waals surface area contributed by atoms with Gasteiger partial charge in [-0.3, -0.25) is 10.5 Å². The highest BCUT2D eigenvalue weighted by atomic mass is 32.2. The van der Waals surface area contributed by atoms with Crippen LogP contribution in [0.2, 0.25) is 0 Å². The fourth-order valence-electron chi connectivity index (χ4n) is 1.19. The van der Waals surface area contributed by atoms with Gasteiger partial charge in [0.15, 0.2) is 5.78 Å². The second kappa shape index (κ2) is 6.85. The Balaban J connectivity index is 2.64. The highest BCUT2D eigenvalue weighted by Gasteiger charge is 2.07. The molecule has 0 bridgehead atoms. The summed E-state index contributed by atoms with van der Waals surface area (Å²) in [4.78, 5) is 11.8. The first-order valence-corrected chi connectivity index (χ1v) is 6.39. The van der Waals surface area contributed by atoms with E-state index >= 15 is 0 Å². The number of ketones is 1. The van der Waals surface area contributed by atoms with Gasteiger partial charge in [0.05, 0.1) is 12.1 Å². The number of rotatable bonds is 4. The van der Waals surface area contributed by atoms with E-state index < -0.39 is 0 Å². The van der Waals surface area contributed by atoms with Gasteiger partial charge in [-0.25, -0.2) is 0 Å². The molecule has 0 aromatic heterocycles. The van der Waals surface area contributed by atoms with Crippen molar-refractivity contribution >= 4 is 28.4 Å². The molecule has 1 rings (SSSR count). The van der Waals surface area contributed by atoms with Crippen molar-refractivity contribution < 1.29 is 9.90 Å². The average Bonchev–Trinajstić information content (AvgIpc) is 2.36. The highest BCUT2D eigenvalue weighted by Crippen LogP contribution is 2.03. The van der Waals surface area contributed by atoms with Gasteiger partial charge in [-0.15, -0.1) is 5.10 Å². The molecule has 0 aliphatic carbocycles. The van der Waals surface area contributed by atoms with E-state index in [1.54, 1.807) is 19.1 Å². The Morgan fingerprint density at radius 3 is 2.65 bits per heavy atom. The average molecular weight is 250 g/mol. The minimum absolute atomic E-state index is 0.0522. The third-order valence-corrected chi connectivity index (χ3v) is 2.62. The number of nitrogens with zero attached hydrogens (tertiary/aromatic N) is 1. The molecular weight excluding hydrogens is 234 g/mol. The molecule has 5 heteroatoms. The molecule has 0 spiro atoms. The molecule has 0 unspecified atom stereocenters. The number of hydrogen-bond donors (Lipinski definition) is 2. The number of nitrogens with two attached hydrogens (primary N) is 1. The van der Waals surface area contributed by atoms with Crippen LogP contribution in [0.5, 0.6) is 0 Å². The van der Waals surface area contributed by atoms with E-state index in [4.69, 9.17) is 5.73 Å². The Kier molecular flexibility index (Phi) is 5.42. The van der Waals surface area contributed by atoms with E-state index in [0.29, 0.717) is 22.9 Å². The molecule has 0 heterocycles. The van der Waals surface area contributed by atoms with E-state index in [2.05, 4.69) is 10.2 Å². The van der Waals surface area contributed by atoms with Gasteiger partial charge in [-0.05, 0) is 24.9 Å². The highest BCUT2D eigenvalue weighted by molar-refractivity contribution is 8.12. The van der Waals surface area contributed by atoms with Gasteiger partial charge in [0, 0.05) is 5.56 Å². The van der Waals surface area contributed by atoms with Crippen molar-refractivity contribution in [2.75, 3.05) is 6.26 Å². The van der Waals surface area contributed by atoms with E-state index in [9.17, 15) is 4.79 Å². The fraction of sp³-hybridized carbons (Fsp3) is 0.250. The summed E-state index contributed by atoms with van der Waals surface area (Å²) in [6.45, 7) is 1.79. The van der Waals surface area contributed by atoms with Crippen LogP contribution in [0.15, 0.2) is 35.4 Å². The SMILES string of the molecule is CSC(N)=[NH+]N=C(C)CC(=O)c1ccccc1. The topological polar surface area (TPSA) is 69.4 Å². The molecule has 0 fully saturated rings. The lowest BCUT2D eigenvalue weighted by atomic mass is 10.1. The summed E-state index contributed by atoms with van der Waals surface area (Å²) in [5, 5.41) is 7.22. The summed E-state index contributed by atoms with van der Waals surface area (Å²) < 4.78 is 0. The van der Waals surface area contributed by atoms with Crippen LogP contribution in [-0.2, 0) is 0 Å². The van der Waals surface area contributed by atoms with Gasteiger partial charge in [-0.1, -0.05) is 35.4 Å². The number of thioether (sulfide) groups is 1. The quantitative estimate of drug-likeness (QED) is 0.351. The maximum atomic E-state index is 11.8. The van der Waals surface area contributed by atoms with E-state index in [-0.39, 0.29) is 5.78 Å². The summed E-state index contributed by atoms with van der Waals surface area (Å²) >= 11 is 1.37. The Morgan fingerprint density at radius 2 is 2.06 bits per heavy atom. The molecule has 3 N–H and O–H groups in total.